The Labute approximate surface area is 136 Å². The largest absolute Gasteiger partial charge is 0.477 e. The average Bonchev–Trinajstić information content (AvgIpc) is 2.98. The lowest BCUT2D eigenvalue weighted by molar-refractivity contribution is 0.0693. The number of pyridine rings is 1. The van der Waals surface area contributed by atoms with Crippen molar-refractivity contribution in [1.29, 1.82) is 0 Å². The zero-order chi connectivity index (χ0) is 17.3. The molecule has 0 aliphatic heterocycles. The molecule has 2 aromatic heterocycles. The summed E-state index contributed by atoms with van der Waals surface area (Å²) in [5.41, 5.74) is 0.862. The van der Waals surface area contributed by atoms with E-state index in [1.165, 1.54) is 21.4 Å². The van der Waals surface area contributed by atoms with Crippen molar-refractivity contribution in [3.05, 3.63) is 81.8 Å². The predicted octanol–water partition coefficient (Wildman–Crippen LogP) is 2.23. The van der Waals surface area contributed by atoms with Crippen molar-refractivity contribution >= 4 is 5.97 Å². The number of carboxylic acids is 1. The van der Waals surface area contributed by atoms with Crippen LogP contribution in [-0.4, -0.2) is 25.4 Å². The number of hydrogen-bond donors (Lipinski definition) is 1. The van der Waals surface area contributed by atoms with E-state index in [1.807, 2.05) is 0 Å². The first-order valence-corrected chi connectivity index (χ1v) is 7.18. The molecule has 1 aromatic carbocycles. The van der Waals surface area contributed by atoms with Gasteiger partial charge in [0.05, 0.1) is 18.4 Å². The van der Waals surface area contributed by atoms with Crippen molar-refractivity contribution in [2.75, 3.05) is 0 Å². The maximum atomic E-state index is 13.3. The molecular formula is C17H14FN3O3. The maximum absolute atomic E-state index is 13.3. The summed E-state index contributed by atoms with van der Waals surface area (Å²) in [7, 11) is 0. The fourth-order valence-electron chi connectivity index (χ4n) is 2.45. The summed E-state index contributed by atoms with van der Waals surface area (Å²) >= 11 is 0. The van der Waals surface area contributed by atoms with Gasteiger partial charge in [-0.2, -0.15) is 5.10 Å². The molecule has 0 atom stereocenters. The van der Waals surface area contributed by atoms with E-state index in [9.17, 15) is 14.0 Å². The van der Waals surface area contributed by atoms with Crippen LogP contribution in [0.5, 0.6) is 0 Å². The first-order chi connectivity index (χ1) is 11.5. The van der Waals surface area contributed by atoms with E-state index < -0.39 is 11.5 Å². The first kappa shape index (κ1) is 15.7. The van der Waals surface area contributed by atoms with E-state index in [2.05, 4.69) is 5.10 Å². The van der Waals surface area contributed by atoms with Gasteiger partial charge in [-0.15, -0.1) is 0 Å². The summed E-state index contributed by atoms with van der Waals surface area (Å²) in [4.78, 5) is 23.5. The van der Waals surface area contributed by atoms with Gasteiger partial charge in [0.15, 0.2) is 0 Å². The Morgan fingerprint density at radius 2 is 2.12 bits per heavy atom. The van der Waals surface area contributed by atoms with Crippen LogP contribution in [0.15, 0.2) is 53.7 Å². The lowest BCUT2D eigenvalue weighted by atomic mass is 10.1. The molecule has 0 spiro atoms. The van der Waals surface area contributed by atoms with Crippen molar-refractivity contribution in [1.82, 2.24) is 14.3 Å². The Kier molecular flexibility index (Phi) is 3.99. The summed E-state index contributed by atoms with van der Waals surface area (Å²) in [6.45, 7) is 1.76. The third-order valence-electron chi connectivity index (χ3n) is 3.65. The molecule has 0 amide bonds. The van der Waals surface area contributed by atoms with Crippen molar-refractivity contribution in [3.63, 3.8) is 0 Å². The maximum Gasteiger partial charge on any atom is 0.341 e. The monoisotopic (exact) mass is 327 g/mol. The molecule has 2 heterocycles. The highest BCUT2D eigenvalue weighted by Gasteiger charge is 2.14. The highest BCUT2D eigenvalue weighted by molar-refractivity contribution is 5.88. The Balaban J connectivity index is 1.92. The molecule has 0 saturated heterocycles. The zero-order valence-corrected chi connectivity index (χ0v) is 12.8. The standard InChI is InChI=1S/C17H14FN3O3/c1-11-5-6-20(16(22)15(11)17(23)24)9-12-8-19-21(10-12)14-4-2-3-13(18)7-14/h2-8,10H,9H2,1H3,(H,23,24). The number of aryl methyl sites for hydroxylation is 1. The Hall–Kier alpha value is -3.22. The normalized spacial score (nSPS) is 10.8. The summed E-state index contributed by atoms with van der Waals surface area (Å²) < 4.78 is 16.1. The van der Waals surface area contributed by atoms with Crippen molar-refractivity contribution in [3.8, 4) is 5.69 Å². The number of aromatic nitrogens is 3. The molecule has 0 unspecified atom stereocenters. The number of rotatable bonds is 4. The van der Waals surface area contributed by atoms with Crippen LogP contribution in [0.25, 0.3) is 5.69 Å². The molecule has 0 bridgehead atoms. The molecule has 7 heteroatoms. The van der Waals surface area contributed by atoms with Crippen LogP contribution in [0.4, 0.5) is 4.39 Å². The van der Waals surface area contributed by atoms with E-state index in [0.717, 1.165) is 0 Å². The summed E-state index contributed by atoms with van der Waals surface area (Å²) in [6, 6.07) is 7.56. The fraction of sp³-hybridized carbons (Fsp3) is 0.118. The molecule has 122 valence electrons. The minimum Gasteiger partial charge on any atom is -0.477 e. The molecule has 3 aromatic rings. The smallest absolute Gasteiger partial charge is 0.341 e. The van der Waals surface area contributed by atoms with Gasteiger partial charge >= 0.3 is 5.97 Å². The molecule has 0 radical (unpaired) electrons. The minimum atomic E-state index is -1.25. The quantitative estimate of drug-likeness (QED) is 0.797. The van der Waals surface area contributed by atoms with Gasteiger partial charge < -0.3 is 9.67 Å². The molecule has 6 nitrogen and oxygen atoms in total. The number of nitrogens with zero attached hydrogens (tertiary/aromatic N) is 3. The summed E-state index contributed by atoms with van der Waals surface area (Å²) in [5.74, 6) is -1.62. The number of hydrogen-bond acceptors (Lipinski definition) is 3. The summed E-state index contributed by atoms with van der Waals surface area (Å²) in [5, 5.41) is 13.3. The van der Waals surface area contributed by atoms with Crippen molar-refractivity contribution in [2.24, 2.45) is 0 Å². The Bertz CT molecular complexity index is 975. The van der Waals surface area contributed by atoms with E-state index >= 15 is 0 Å². The molecule has 24 heavy (non-hydrogen) atoms. The molecule has 0 aliphatic rings. The Morgan fingerprint density at radius 1 is 1.33 bits per heavy atom. The van der Waals surface area contributed by atoms with Crippen molar-refractivity contribution in [2.45, 2.75) is 13.5 Å². The first-order valence-electron chi connectivity index (χ1n) is 7.18. The van der Waals surface area contributed by atoms with Crippen LogP contribution in [0.3, 0.4) is 0 Å². The highest BCUT2D eigenvalue weighted by Crippen LogP contribution is 2.11. The van der Waals surface area contributed by atoms with Gasteiger partial charge in [0.25, 0.3) is 5.56 Å². The number of benzene rings is 1. The number of halogens is 1. The molecular weight excluding hydrogens is 313 g/mol. The zero-order valence-electron chi connectivity index (χ0n) is 12.8. The molecule has 1 N–H and O–H groups in total. The van der Waals surface area contributed by atoms with Crippen LogP contribution in [0.1, 0.15) is 21.5 Å². The van der Waals surface area contributed by atoms with E-state index in [1.54, 1.807) is 43.7 Å². The minimum absolute atomic E-state index is 0.175. The van der Waals surface area contributed by atoms with Crippen LogP contribution in [0, 0.1) is 12.7 Å². The second kappa shape index (κ2) is 6.11. The number of carbonyl (C=O) groups is 1. The van der Waals surface area contributed by atoms with Crippen LogP contribution in [-0.2, 0) is 6.54 Å². The molecule has 3 rings (SSSR count). The Morgan fingerprint density at radius 3 is 2.83 bits per heavy atom. The lowest BCUT2D eigenvalue weighted by Crippen LogP contribution is -2.27. The second-order valence-electron chi connectivity index (χ2n) is 5.38. The van der Waals surface area contributed by atoms with Gasteiger partial charge in [0.1, 0.15) is 11.4 Å². The number of carboxylic acid groups (broad SMARTS) is 1. The lowest BCUT2D eigenvalue weighted by Gasteiger charge is -2.07. The average molecular weight is 327 g/mol. The molecule has 0 fully saturated rings. The van der Waals surface area contributed by atoms with Gasteiger partial charge in [0, 0.05) is 18.0 Å². The van der Waals surface area contributed by atoms with E-state index in [-0.39, 0.29) is 17.9 Å². The van der Waals surface area contributed by atoms with Gasteiger partial charge in [-0.25, -0.2) is 13.9 Å². The SMILES string of the molecule is Cc1ccn(Cc2cnn(-c3cccc(F)c3)c2)c(=O)c1C(=O)O. The summed E-state index contributed by atoms with van der Waals surface area (Å²) in [6.07, 6.45) is 4.77. The van der Waals surface area contributed by atoms with Gasteiger partial charge in [-0.1, -0.05) is 6.07 Å². The van der Waals surface area contributed by atoms with Crippen LogP contribution >= 0.6 is 0 Å². The number of aromatic carboxylic acids is 1. The third-order valence-corrected chi connectivity index (χ3v) is 3.65. The van der Waals surface area contributed by atoms with Gasteiger partial charge in [0.2, 0.25) is 0 Å². The van der Waals surface area contributed by atoms with Crippen LogP contribution in [0.2, 0.25) is 0 Å². The third kappa shape index (κ3) is 2.96. The fourth-order valence-corrected chi connectivity index (χ4v) is 2.45. The van der Waals surface area contributed by atoms with Crippen molar-refractivity contribution < 1.29 is 14.3 Å². The van der Waals surface area contributed by atoms with Gasteiger partial charge in [-0.05, 0) is 36.8 Å². The highest BCUT2D eigenvalue weighted by atomic mass is 19.1. The topological polar surface area (TPSA) is 77.1 Å². The predicted molar refractivity (Wildman–Crippen MR) is 85.0 cm³/mol. The van der Waals surface area contributed by atoms with E-state index in [0.29, 0.717) is 16.8 Å². The van der Waals surface area contributed by atoms with Crippen LogP contribution < -0.4 is 5.56 Å². The molecule has 0 saturated carbocycles. The second-order valence-corrected chi connectivity index (χ2v) is 5.38. The van der Waals surface area contributed by atoms with Gasteiger partial charge in [-0.3, -0.25) is 4.79 Å². The molecule has 0 aliphatic carbocycles. The van der Waals surface area contributed by atoms with E-state index in [4.69, 9.17) is 5.11 Å².